The summed E-state index contributed by atoms with van der Waals surface area (Å²) in [7, 11) is -3.80. The molecule has 0 amide bonds. The molecule has 1 rings (SSSR count). The SMILES string of the molecule is CC(C)(C)[Si](C)(C)Oc1cc(O[Si](C)(C)C(C)(C)C)ncn1. The minimum Gasteiger partial charge on any atom is -0.530 e. The highest BCUT2D eigenvalue weighted by atomic mass is 28.4. The van der Waals surface area contributed by atoms with Gasteiger partial charge in [-0.15, -0.1) is 0 Å². The number of rotatable bonds is 4. The molecule has 126 valence electrons. The lowest BCUT2D eigenvalue weighted by atomic mass is 10.2. The maximum absolute atomic E-state index is 6.23. The smallest absolute Gasteiger partial charge is 0.252 e. The van der Waals surface area contributed by atoms with Crippen LogP contribution < -0.4 is 8.85 Å². The fourth-order valence-electron chi connectivity index (χ4n) is 1.26. The fraction of sp³-hybridized carbons (Fsp3) is 0.750. The van der Waals surface area contributed by atoms with Crippen molar-refractivity contribution in [3.63, 3.8) is 0 Å². The van der Waals surface area contributed by atoms with Crippen molar-refractivity contribution >= 4 is 16.6 Å². The molecule has 0 unspecified atom stereocenters. The van der Waals surface area contributed by atoms with E-state index in [0.717, 1.165) is 0 Å². The van der Waals surface area contributed by atoms with E-state index in [0.29, 0.717) is 11.8 Å². The van der Waals surface area contributed by atoms with Crippen molar-refractivity contribution in [2.45, 2.75) is 77.8 Å². The van der Waals surface area contributed by atoms with E-state index in [1.807, 2.05) is 6.07 Å². The molecule has 0 atom stereocenters. The van der Waals surface area contributed by atoms with Gasteiger partial charge in [-0.25, -0.2) is 9.97 Å². The van der Waals surface area contributed by atoms with Crippen LogP contribution in [0, 0.1) is 0 Å². The van der Waals surface area contributed by atoms with Gasteiger partial charge in [-0.2, -0.15) is 0 Å². The van der Waals surface area contributed by atoms with Crippen LogP contribution in [0.25, 0.3) is 0 Å². The van der Waals surface area contributed by atoms with Crippen molar-refractivity contribution in [3.8, 4) is 11.8 Å². The second kappa shape index (κ2) is 5.96. The fourth-order valence-corrected chi connectivity index (χ4v) is 3.14. The van der Waals surface area contributed by atoms with Crippen molar-refractivity contribution in [2.24, 2.45) is 0 Å². The summed E-state index contributed by atoms with van der Waals surface area (Å²) in [5.74, 6) is 1.24. The summed E-state index contributed by atoms with van der Waals surface area (Å²) in [5, 5.41) is 0.275. The van der Waals surface area contributed by atoms with Crippen molar-refractivity contribution in [1.82, 2.24) is 9.97 Å². The number of hydrogen-bond donors (Lipinski definition) is 0. The first-order valence-electron chi connectivity index (χ1n) is 7.86. The molecule has 0 N–H and O–H groups in total. The Hall–Kier alpha value is -0.886. The average Bonchev–Trinajstić information content (AvgIpc) is 2.24. The Morgan fingerprint density at radius 3 is 1.32 bits per heavy atom. The van der Waals surface area contributed by atoms with Crippen LogP contribution in [0.4, 0.5) is 0 Å². The molecule has 4 nitrogen and oxygen atoms in total. The zero-order valence-corrected chi connectivity index (χ0v) is 17.9. The van der Waals surface area contributed by atoms with Gasteiger partial charge in [-0.05, 0) is 36.3 Å². The van der Waals surface area contributed by atoms with Crippen LogP contribution in [-0.2, 0) is 0 Å². The minimum atomic E-state index is -1.90. The molecular formula is C16H32N2O2Si2. The molecule has 1 heterocycles. The van der Waals surface area contributed by atoms with E-state index in [-0.39, 0.29) is 10.1 Å². The molecule has 0 fully saturated rings. The van der Waals surface area contributed by atoms with E-state index in [1.165, 1.54) is 6.33 Å². The normalized spacial score (nSPS) is 13.9. The van der Waals surface area contributed by atoms with E-state index in [4.69, 9.17) is 8.85 Å². The molecule has 0 bridgehead atoms. The van der Waals surface area contributed by atoms with Gasteiger partial charge in [0.15, 0.2) is 0 Å². The molecule has 0 aromatic carbocycles. The summed E-state index contributed by atoms with van der Waals surface area (Å²) in [5.41, 5.74) is 0. The van der Waals surface area contributed by atoms with E-state index >= 15 is 0 Å². The lowest BCUT2D eigenvalue weighted by molar-refractivity contribution is 0.452. The number of nitrogens with zero attached hydrogens (tertiary/aromatic N) is 2. The van der Waals surface area contributed by atoms with Gasteiger partial charge in [0.25, 0.3) is 16.6 Å². The first-order chi connectivity index (χ1) is 9.66. The van der Waals surface area contributed by atoms with E-state index in [2.05, 4.69) is 77.7 Å². The Balaban J connectivity index is 2.97. The van der Waals surface area contributed by atoms with Gasteiger partial charge in [0, 0.05) is 0 Å². The summed E-state index contributed by atoms with van der Waals surface area (Å²) < 4.78 is 12.5. The molecule has 0 aliphatic heterocycles. The quantitative estimate of drug-likeness (QED) is 0.703. The van der Waals surface area contributed by atoms with E-state index in [1.54, 1.807) is 0 Å². The minimum absolute atomic E-state index is 0.137. The Morgan fingerprint density at radius 1 is 0.727 bits per heavy atom. The lowest BCUT2D eigenvalue weighted by Crippen LogP contribution is -2.44. The van der Waals surface area contributed by atoms with E-state index in [9.17, 15) is 0 Å². The van der Waals surface area contributed by atoms with Crippen LogP contribution in [-0.4, -0.2) is 26.6 Å². The Bertz CT molecular complexity index is 474. The zero-order chi connectivity index (χ0) is 17.4. The summed E-state index contributed by atoms with van der Waals surface area (Å²) in [6.07, 6.45) is 1.53. The van der Waals surface area contributed by atoms with Gasteiger partial charge < -0.3 is 8.85 Å². The Kier molecular flexibility index (Phi) is 5.19. The molecule has 1 aromatic heterocycles. The van der Waals surface area contributed by atoms with Crippen LogP contribution in [0.2, 0.25) is 36.3 Å². The lowest BCUT2D eigenvalue weighted by Gasteiger charge is -2.37. The summed E-state index contributed by atoms with van der Waals surface area (Å²) in [6, 6.07) is 1.83. The van der Waals surface area contributed by atoms with Crippen LogP contribution in [0.5, 0.6) is 11.8 Å². The van der Waals surface area contributed by atoms with Crippen LogP contribution in [0.15, 0.2) is 12.4 Å². The third-order valence-corrected chi connectivity index (χ3v) is 13.6. The third kappa shape index (κ3) is 4.55. The largest absolute Gasteiger partial charge is 0.530 e. The average molecular weight is 341 g/mol. The van der Waals surface area contributed by atoms with Crippen LogP contribution in [0.1, 0.15) is 41.5 Å². The summed E-state index contributed by atoms with van der Waals surface area (Å²) >= 11 is 0. The number of hydrogen-bond acceptors (Lipinski definition) is 4. The van der Waals surface area contributed by atoms with Crippen molar-refractivity contribution in [1.29, 1.82) is 0 Å². The zero-order valence-electron chi connectivity index (χ0n) is 15.9. The summed E-state index contributed by atoms with van der Waals surface area (Å²) in [6.45, 7) is 22.1. The van der Waals surface area contributed by atoms with Crippen LogP contribution in [0.3, 0.4) is 0 Å². The highest BCUT2D eigenvalue weighted by molar-refractivity contribution is 6.75. The highest BCUT2D eigenvalue weighted by Crippen LogP contribution is 2.39. The molecule has 0 spiro atoms. The molecule has 0 radical (unpaired) electrons. The van der Waals surface area contributed by atoms with Crippen molar-refractivity contribution in [2.75, 3.05) is 0 Å². The van der Waals surface area contributed by atoms with Crippen molar-refractivity contribution in [3.05, 3.63) is 12.4 Å². The maximum Gasteiger partial charge on any atom is 0.252 e. The maximum atomic E-state index is 6.23. The monoisotopic (exact) mass is 340 g/mol. The van der Waals surface area contributed by atoms with Gasteiger partial charge in [0.2, 0.25) is 11.8 Å². The molecule has 6 heteroatoms. The molecule has 0 aliphatic carbocycles. The Labute approximate surface area is 137 Å². The molecule has 22 heavy (non-hydrogen) atoms. The second-order valence-corrected chi connectivity index (χ2v) is 18.4. The molecular weight excluding hydrogens is 308 g/mol. The predicted octanol–water partition coefficient (Wildman–Crippen LogP) is 5.24. The van der Waals surface area contributed by atoms with Gasteiger partial charge in [0.1, 0.15) is 6.33 Å². The summed E-state index contributed by atoms with van der Waals surface area (Å²) in [4.78, 5) is 8.53. The van der Waals surface area contributed by atoms with Gasteiger partial charge >= 0.3 is 0 Å². The molecule has 1 aromatic rings. The molecule has 0 aliphatic rings. The molecule has 0 saturated carbocycles. The van der Waals surface area contributed by atoms with Crippen LogP contribution >= 0.6 is 0 Å². The van der Waals surface area contributed by atoms with Gasteiger partial charge in [-0.3, -0.25) is 0 Å². The van der Waals surface area contributed by atoms with Gasteiger partial charge in [0.05, 0.1) is 6.07 Å². The Morgan fingerprint density at radius 2 is 1.05 bits per heavy atom. The third-order valence-electron chi connectivity index (χ3n) is 4.95. The standard InChI is InChI=1S/C16H32N2O2Si2/c1-15(2,3)21(7,8)19-13-11-14(18-12-17-13)20-22(9,10)16(4,5)6/h11-12H,1-10H3. The van der Waals surface area contributed by atoms with E-state index < -0.39 is 16.6 Å². The first-order valence-corrected chi connectivity index (χ1v) is 13.7. The van der Waals surface area contributed by atoms with Gasteiger partial charge in [-0.1, -0.05) is 41.5 Å². The first kappa shape index (κ1) is 19.2. The second-order valence-electron chi connectivity index (χ2n) is 8.92. The number of aromatic nitrogens is 2. The highest BCUT2D eigenvalue weighted by Gasteiger charge is 2.41. The topological polar surface area (TPSA) is 44.2 Å². The molecule has 0 saturated heterocycles. The van der Waals surface area contributed by atoms with Crippen molar-refractivity contribution < 1.29 is 8.85 Å². The predicted molar refractivity (Wildman–Crippen MR) is 97.7 cm³/mol.